The molecule has 29 heavy (non-hydrogen) atoms. The van der Waals surface area contributed by atoms with Crippen LogP contribution in [0.3, 0.4) is 0 Å². The summed E-state index contributed by atoms with van der Waals surface area (Å²) in [5.41, 5.74) is 1.83. The first-order valence-electron chi connectivity index (χ1n) is 9.91. The van der Waals surface area contributed by atoms with E-state index in [0.717, 1.165) is 31.7 Å². The summed E-state index contributed by atoms with van der Waals surface area (Å²) in [6.07, 6.45) is 1.61. The number of piperidine rings is 1. The molecule has 3 aromatic rings. The molecule has 1 saturated heterocycles. The maximum atomic E-state index is 12.7. The van der Waals surface area contributed by atoms with Crippen molar-refractivity contribution >= 4 is 17.4 Å². The lowest BCUT2D eigenvalue weighted by atomic mass is 9.95. The van der Waals surface area contributed by atoms with Crippen LogP contribution in [0.2, 0.25) is 0 Å². The average Bonchev–Trinajstić information content (AvgIpc) is 3.22. The lowest BCUT2D eigenvalue weighted by Gasteiger charge is -2.32. The van der Waals surface area contributed by atoms with Gasteiger partial charge < -0.3 is 15.1 Å². The fraction of sp³-hybridized carbons (Fsp3) is 0.450. The van der Waals surface area contributed by atoms with Gasteiger partial charge in [-0.25, -0.2) is 0 Å². The van der Waals surface area contributed by atoms with Gasteiger partial charge in [-0.15, -0.1) is 14.8 Å². The number of likely N-dealkylation sites (N-methyl/N-ethyl adjacent to an activating group) is 1. The molecule has 2 aromatic heterocycles. The highest BCUT2D eigenvalue weighted by molar-refractivity contribution is 5.79. The normalized spacial score (nSPS) is 16.3. The van der Waals surface area contributed by atoms with E-state index in [0.29, 0.717) is 12.2 Å². The zero-order valence-electron chi connectivity index (χ0n) is 16.8. The number of hydrogen-bond acceptors (Lipinski definition) is 7. The summed E-state index contributed by atoms with van der Waals surface area (Å²) >= 11 is 0. The number of carbonyl (C=O) groups excluding carboxylic acids is 1. The standard InChI is InChI=1S/C20H26N8O/c1-26(2)17(15-6-4-3-5-7-15)14-21-20(29)16-10-12-27(13-11-16)19-9-8-18-22-24-25-28(18)23-19/h3-9,16-17H,10-14H2,1-2H3,(H,21,29). The van der Waals surface area contributed by atoms with Crippen molar-refractivity contribution in [1.82, 2.24) is 35.5 Å². The Labute approximate surface area is 169 Å². The van der Waals surface area contributed by atoms with E-state index >= 15 is 0 Å². The molecule has 3 heterocycles. The average molecular weight is 394 g/mol. The van der Waals surface area contributed by atoms with Crippen molar-refractivity contribution in [2.75, 3.05) is 38.6 Å². The van der Waals surface area contributed by atoms with Crippen LogP contribution in [0.5, 0.6) is 0 Å². The minimum Gasteiger partial charge on any atom is -0.355 e. The molecule has 0 aliphatic carbocycles. The molecule has 0 radical (unpaired) electrons. The van der Waals surface area contributed by atoms with Crippen molar-refractivity contribution in [2.45, 2.75) is 18.9 Å². The Morgan fingerprint density at radius 3 is 2.66 bits per heavy atom. The van der Waals surface area contributed by atoms with E-state index in [1.807, 2.05) is 44.4 Å². The van der Waals surface area contributed by atoms with Gasteiger partial charge in [-0.1, -0.05) is 30.3 Å². The van der Waals surface area contributed by atoms with Crippen molar-refractivity contribution in [3.8, 4) is 0 Å². The summed E-state index contributed by atoms with van der Waals surface area (Å²) in [7, 11) is 4.08. The van der Waals surface area contributed by atoms with Crippen LogP contribution in [0.25, 0.3) is 5.65 Å². The van der Waals surface area contributed by atoms with E-state index in [1.54, 1.807) is 0 Å². The molecule has 0 saturated carbocycles. The second-order valence-electron chi connectivity index (χ2n) is 7.61. The molecule has 152 valence electrons. The van der Waals surface area contributed by atoms with Crippen molar-refractivity contribution in [3.05, 3.63) is 48.0 Å². The molecular weight excluding hydrogens is 368 g/mol. The number of benzene rings is 1. The number of tetrazole rings is 1. The van der Waals surface area contributed by atoms with E-state index in [9.17, 15) is 4.79 Å². The Balaban J connectivity index is 1.31. The molecule has 4 rings (SSSR count). The summed E-state index contributed by atoms with van der Waals surface area (Å²) in [5.74, 6) is 0.998. The van der Waals surface area contributed by atoms with Crippen molar-refractivity contribution in [1.29, 1.82) is 0 Å². The minimum absolute atomic E-state index is 0.0293. The van der Waals surface area contributed by atoms with Gasteiger partial charge in [0.1, 0.15) is 0 Å². The van der Waals surface area contributed by atoms with Crippen molar-refractivity contribution in [2.24, 2.45) is 5.92 Å². The Kier molecular flexibility index (Phi) is 5.66. The van der Waals surface area contributed by atoms with E-state index in [1.165, 1.54) is 10.2 Å². The van der Waals surface area contributed by atoms with E-state index in [4.69, 9.17) is 0 Å². The Hall–Kier alpha value is -3.07. The largest absolute Gasteiger partial charge is 0.355 e. The third kappa shape index (κ3) is 4.34. The number of nitrogens with zero attached hydrogens (tertiary/aromatic N) is 7. The van der Waals surface area contributed by atoms with Gasteiger partial charge >= 0.3 is 0 Å². The smallest absolute Gasteiger partial charge is 0.223 e. The van der Waals surface area contributed by atoms with Crippen LogP contribution in [-0.4, -0.2) is 69.8 Å². The topological polar surface area (TPSA) is 91.5 Å². The summed E-state index contributed by atoms with van der Waals surface area (Å²) in [5, 5.41) is 18.9. The van der Waals surface area contributed by atoms with Gasteiger partial charge in [0, 0.05) is 25.6 Å². The third-order valence-electron chi connectivity index (χ3n) is 5.52. The number of fused-ring (bicyclic) bond motifs is 1. The third-order valence-corrected chi connectivity index (χ3v) is 5.52. The van der Waals surface area contributed by atoms with E-state index < -0.39 is 0 Å². The molecule has 1 amide bonds. The maximum absolute atomic E-state index is 12.7. The molecule has 0 bridgehead atoms. The lowest BCUT2D eigenvalue weighted by Crippen LogP contribution is -2.43. The molecule has 1 fully saturated rings. The van der Waals surface area contributed by atoms with Crippen LogP contribution in [0.15, 0.2) is 42.5 Å². The van der Waals surface area contributed by atoms with Crippen LogP contribution >= 0.6 is 0 Å². The number of carbonyl (C=O) groups is 1. The van der Waals surface area contributed by atoms with Crippen LogP contribution in [0, 0.1) is 5.92 Å². The predicted octanol–water partition coefficient (Wildman–Crippen LogP) is 1.15. The Morgan fingerprint density at radius 2 is 1.93 bits per heavy atom. The highest BCUT2D eigenvalue weighted by Gasteiger charge is 2.26. The number of anilines is 1. The van der Waals surface area contributed by atoms with Gasteiger partial charge in [0.25, 0.3) is 0 Å². The number of nitrogens with one attached hydrogen (secondary N) is 1. The maximum Gasteiger partial charge on any atom is 0.223 e. The van der Waals surface area contributed by atoms with Crippen LogP contribution < -0.4 is 10.2 Å². The molecule has 9 nitrogen and oxygen atoms in total. The second-order valence-corrected chi connectivity index (χ2v) is 7.61. The highest BCUT2D eigenvalue weighted by Crippen LogP contribution is 2.23. The molecule has 1 N–H and O–H groups in total. The molecular formula is C20H26N8O. The van der Waals surface area contributed by atoms with E-state index in [-0.39, 0.29) is 17.9 Å². The summed E-state index contributed by atoms with van der Waals surface area (Å²) < 4.78 is 1.43. The van der Waals surface area contributed by atoms with Gasteiger partial charge in [-0.2, -0.15) is 0 Å². The number of hydrogen-bond donors (Lipinski definition) is 1. The van der Waals surface area contributed by atoms with Gasteiger partial charge in [-0.05, 0) is 55.1 Å². The number of aromatic nitrogens is 5. The summed E-state index contributed by atoms with van der Waals surface area (Å²) in [6, 6.07) is 14.2. The molecule has 1 aliphatic heterocycles. The molecule has 1 aliphatic rings. The molecule has 1 atom stereocenters. The van der Waals surface area contributed by atoms with Crippen molar-refractivity contribution in [3.63, 3.8) is 0 Å². The van der Waals surface area contributed by atoms with Gasteiger partial charge in [0.15, 0.2) is 11.5 Å². The highest BCUT2D eigenvalue weighted by atomic mass is 16.1. The first-order chi connectivity index (χ1) is 14.1. The summed E-state index contributed by atoms with van der Waals surface area (Å²) in [6.45, 7) is 2.18. The van der Waals surface area contributed by atoms with Crippen LogP contribution in [0.1, 0.15) is 24.4 Å². The zero-order chi connectivity index (χ0) is 20.2. The first kappa shape index (κ1) is 19.3. The number of amides is 1. The monoisotopic (exact) mass is 394 g/mol. The Morgan fingerprint density at radius 1 is 1.17 bits per heavy atom. The SMILES string of the molecule is CN(C)C(CNC(=O)C1CCN(c2ccc3nnnn3n2)CC1)c1ccccc1. The van der Waals surface area contributed by atoms with Crippen LogP contribution in [0.4, 0.5) is 5.82 Å². The van der Waals surface area contributed by atoms with E-state index in [2.05, 4.69) is 47.9 Å². The van der Waals surface area contributed by atoms with Crippen LogP contribution in [-0.2, 0) is 4.79 Å². The molecule has 9 heteroatoms. The van der Waals surface area contributed by atoms with Gasteiger partial charge in [0.2, 0.25) is 5.91 Å². The van der Waals surface area contributed by atoms with Gasteiger partial charge in [0.05, 0.1) is 6.04 Å². The fourth-order valence-electron chi connectivity index (χ4n) is 3.80. The zero-order valence-corrected chi connectivity index (χ0v) is 16.8. The minimum atomic E-state index is 0.0293. The molecule has 0 spiro atoms. The molecule has 1 unspecified atom stereocenters. The lowest BCUT2D eigenvalue weighted by molar-refractivity contribution is -0.125. The number of rotatable bonds is 6. The second kappa shape index (κ2) is 8.52. The van der Waals surface area contributed by atoms with Crippen molar-refractivity contribution < 1.29 is 4.79 Å². The quantitative estimate of drug-likeness (QED) is 0.671. The predicted molar refractivity (Wildman–Crippen MR) is 109 cm³/mol. The van der Waals surface area contributed by atoms with Gasteiger partial charge in [-0.3, -0.25) is 4.79 Å². The summed E-state index contributed by atoms with van der Waals surface area (Å²) in [4.78, 5) is 17.1. The Bertz CT molecular complexity index is 949. The fourth-order valence-corrected chi connectivity index (χ4v) is 3.80. The first-order valence-corrected chi connectivity index (χ1v) is 9.91. The molecule has 1 aromatic carbocycles.